The minimum absolute atomic E-state index is 0.445. The van der Waals surface area contributed by atoms with E-state index in [-0.39, 0.29) is 0 Å². The molecule has 2 atom stereocenters. The van der Waals surface area contributed by atoms with Crippen LogP contribution in [0.3, 0.4) is 0 Å². The molecule has 0 aromatic carbocycles. The van der Waals surface area contributed by atoms with E-state index in [2.05, 4.69) is 16.8 Å². The average molecular weight is 228 g/mol. The number of carbonyl (C=O) groups excluding carboxylic acids is 1. The molecule has 1 aliphatic heterocycles. The van der Waals surface area contributed by atoms with Gasteiger partial charge in [0.15, 0.2) is 0 Å². The molecule has 1 aliphatic rings. The Labute approximate surface area is 97.7 Å². The van der Waals surface area contributed by atoms with Crippen LogP contribution in [0.25, 0.3) is 0 Å². The van der Waals surface area contributed by atoms with Crippen molar-refractivity contribution in [1.29, 1.82) is 0 Å². The van der Waals surface area contributed by atoms with Gasteiger partial charge in [-0.3, -0.25) is 4.79 Å². The van der Waals surface area contributed by atoms with E-state index < -0.39 is 11.4 Å². The van der Waals surface area contributed by atoms with E-state index in [1.165, 1.54) is 12.8 Å². The Bertz CT molecular complexity index is 254. The van der Waals surface area contributed by atoms with Gasteiger partial charge in [-0.2, -0.15) is 0 Å². The zero-order valence-corrected chi connectivity index (χ0v) is 10.6. The van der Waals surface area contributed by atoms with Crippen molar-refractivity contribution in [2.75, 3.05) is 33.7 Å². The van der Waals surface area contributed by atoms with E-state index in [4.69, 9.17) is 11.5 Å². The standard InChI is InChI=1S/C11H24N4O/c1-11(13,10(12)16)8-14(2)7-9-5-4-6-15(9)3/h9H,4-8,13H2,1-3H3,(H2,12,16). The van der Waals surface area contributed by atoms with Gasteiger partial charge in [-0.1, -0.05) is 0 Å². The van der Waals surface area contributed by atoms with Crippen LogP contribution in [-0.2, 0) is 4.79 Å². The number of likely N-dealkylation sites (N-methyl/N-ethyl adjacent to an activating group) is 2. The Morgan fingerprint density at radius 2 is 2.25 bits per heavy atom. The van der Waals surface area contributed by atoms with Crippen molar-refractivity contribution in [3.8, 4) is 0 Å². The minimum atomic E-state index is -0.939. The molecule has 1 fully saturated rings. The highest BCUT2D eigenvalue weighted by Gasteiger charge is 2.29. The van der Waals surface area contributed by atoms with Crippen LogP contribution in [-0.4, -0.2) is 61.0 Å². The van der Waals surface area contributed by atoms with Gasteiger partial charge in [-0.15, -0.1) is 0 Å². The molecule has 1 rings (SSSR count). The van der Waals surface area contributed by atoms with Crippen molar-refractivity contribution in [3.63, 3.8) is 0 Å². The van der Waals surface area contributed by atoms with Gasteiger partial charge in [0, 0.05) is 19.1 Å². The molecule has 0 spiro atoms. The Morgan fingerprint density at radius 3 is 2.69 bits per heavy atom. The third-order valence-electron chi connectivity index (χ3n) is 3.36. The van der Waals surface area contributed by atoms with Crippen molar-refractivity contribution in [2.24, 2.45) is 11.5 Å². The number of primary amides is 1. The molecule has 0 bridgehead atoms. The topological polar surface area (TPSA) is 75.6 Å². The maximum atomic E-state index is 11.1. The first-order valence-electron chi connectivity index (χ1n) is 5.80. The number of hydrogen-bond donors (Lipinski definition) is 2. The van der Waals surface area contributed by atoms with E-state index in [0.29, 0.717) is 12.6 Å². The Hall–Kier alpha value is -0.650. The predicted octanol–water partition coefficient (Wildman–Crippen LogP) is -0.785. The SMILES string of the molecule is CN(CC1CCCN1C)CC(C)(N)C(N)=O. The Kier molecular flexibility index (Phi) is 4.29. The lowest BCUT2D eigenvalue weighted by Crippen LogP contribution is -2.57. The normalized spacial score (nSPS) is 25.9. The molecule has 4 N–H and O–H groups in total. The lowest BCUT2D eigenvalue weighted by Gasteiger charge is -2.31. The molecule has 0 radical (unpaired) electrons. The first kappa shape index (κ1) is 13.4. The van der Waals surface area contributed by atoms with Crippen LogP contribution in [0.15, 0.2) is 0 Å². The van der Waals surface area contributed by atoms with Crippen molar-refractivity contribution in [2.45, 2.75) is 31.3 Å². The average Bonchev–Trinajstić information content (AvgIpc) is 2.50. The zero-order chi connectivity index (χ0) is 12.3. The van der Waals surface area contributed by atoms with E-state index in [1.54, 1.807) is 6.92 Å². The number of rotatable bonds is 5. The fraction of sp³-hybridized carbons (Fsp3) is 0.909. The molecule has 0 aromatic heterocycles. The van der Waals surface area contributed by atoms with E-state index in [9.17, 15) is 4.79 Å². The zero-order valence-electron chi connectivity index (χ0n) is 10.6. The second-order valence-electron chi connectivity index (χ2n) is 5.26. The first-order chi connectivity index (χ1) is 7.33. The van der Waals surface area contributed by atoms with Gasteiger partial charge in [-0.25, -0.2) is 0 Å². The summed E-state index contributed by atoms with van der Waals surface area (Å²) < 4.78 is 0. The number of amides is 1. The molecule has 1 amide bonds. The highest BCUT2D eigenvalue weighted by Crippen LogP contribution is 2.15. The summed E-state index contributed by atoms with van der Waals surface area (Å²) in [5, 5.41) is 0. The van der Waals surface area contributed by atoms with E-state index in [1.807, 2.05) is 7.05 Å². The molecular formula is C11H24N4O. The molecule has 0 aromatic rings. The summed E-state index contributed by atoms with van der Waals surface area (Å²) >= 11 is 0. The molecule has 2 unspecified atom stereocenters. The van der Waals surface area contributed by atoms with E-state index >= 15 is 0 Å². The summed E-state index contributed by atoms with van der Waals surface area (Å²) in [5.41, 5.74) is 10.2. The van der Waals surface area contributed by atoms with Gasteiger partial charge in [0.05, 0.1) is 0 Å². The van der Waals surface area contributed by atoms with Crippen molar-refractivity contribution >= 4 is 5.91 Å². The molecule has 5 heteroatoms. The highest BCUT2D eigenvalue weighted by molar-refractivity contribution is 5.84. The molecule has 1 saturated heterocycles. The maximum absolute atomic E-state index is 11.1. The summed E-state index contributed by atoms with van der Waals surface area (Å²) in [6, 6.07) is 0.577. The van der Waals surface area contributed by atoms with Gasteiger partial charge in [0.25, 0.3) is 0 Å². The summed E-state index contributed by atoms with van der Waals surface area (Å²) in [5.74, 6) is -0.445. The lowest BCUT2D eigenvalue weighted by molar-refractivity contribution is -0.123. The number of likely N-dealkylation sites (tertiary alicyclic amines) is 1. The number of hydrogen-bond acceptors (Lipinski definition) is 4. The fourth-order valence-corrected chi connectivity index (χ4v) is 2.27. The van der Waals surface area contributed by atoms with Crippen LogP contribution in [0.2, 0.25) is 0 Å². The largest absolute Gasteiger partial charge is 0.368 e. The van der Waals surface area contributed by atoms with Crippen LogP contribution >= 0.6 is 0 Å². The Morgan fingerprint density at radius 1 is 1.62 bits per heavy atom. The molecule has 0 saturated carbocycles. The molecule has 0 aliphatic carbocycles. The number of carbonyl (C=O) groups is 1. The maximum Gasteiger partial charge on any atom is 0.238 e. The summed E-state index contributed by atoms with van der Waals surface area (Å²) in [6.07, 6.45) is 2.48. The van der Waals surface area contributed by atoms with Crippen LogP contribution in [0.4, 0.5) is 0 Å². The Balaban J connectivity index is 2.41. The molecule has 1 heterocycles. The van der Waals surface area contributed by atoms with Gasteiger partial charge >= 0.3 is 0 Å². The number of nitrogens with two attached hydrogens (primary N) is 2. The monoisotopic (exact) mass is 228 g/mol. The second kappa shape index (κ2) is 5.12. The predicted molar refractivity (Wildman–Crippen MR) is 64.9 cm³/mol. The molecule has 5 nitrogen and oxygen atoms in total. The molecule has 16 heavy (non-hydrogen) atoms. The minimum Gasteiger partial charge on any atom is -0.368 e. The summed E-state index contributed by atoms with van der Waals surface area (Å²) in [7, 11) is 4.13. The van der Waals surface area contributed by atoms with Gasteiger partial charge in [0.1, 0.15) is 5.54 Å². The fourth-order valence-electron chi connectivity index (χ4n) is 2.27. The summed E-state index contributed by atoms with van der Waals surface area (Å²) in [6.45, 7) is 4.29. The first-order valence-corrected chi connectivity index (χ1v) is 5.80. The van der Waals surface area contributed by atoms with Crippen LogP contribution in [0.1, 0.15) is 19.8 Å². The molecule has 94 valence electrons. The van der Waals surface area contributed by atoms with Crippen LogP contribution in [0, 0.1) is 0 Å². The van der Waals surface area contributed by atoms with Gasteiger partial charge < -0.3 is 21.3 Å². The highest BCUT2D eigenvalue weighted by atomic mass is 16.1. The molecular weight excluding hydrogens is 204 g/mol. The van der Waals surface area contributed by atoms with Gasteiger partial charge in [0.2, 0.25) is 5.91 Å². The van der Waals surface area contributed by atoms with Crippen LogP contribution < -0.4 is 11.5 Å². The third-order valence-corrected chi connectivity index (χ3v) is 3.36. The van der Waals surface area contributed by atoms with Crippen molar-refractivity contribution < 1.29 is 4.79 Å². The smallest absolute Gasteiger partial charge is 0.238 e. The second-order valence-corrected chi connectivity index (χ2v) is 5.26. The third kappa shape index (κ3) is 3.43. The van der Waals surface area contributed by atoms with Crippen molar-refractivity contribution in [3.05, 3.63) is 0 Å². The summed E-state index contributed by atoms with van der Waals surface area (Å²) in [4.78, 5) is 15.6. The lowest BCUT2D eigenvalue weighted by atomic mass is 10.0. The van der Waals surface area contributed by atoms with Gasteiger partial charge in [-0.05, 0) is 40.4 Å². The van der Waals surface area contributed by atoms with Crippen molar-refractivity contribution in [1.82, 2.24) is 9.80 Å². The number of nitrogens with zero attached hydrogens (tertiary/aromatic N) is 2. The van der Waals surface area contributed by atoms with Crippen LogP contribution in [0.5, 0.6) is 0 Å². The quantitative estimate of drug-likeness (QED) is 0.647. The van der Waals surface area contributed by atoms with E-state index in [0.717, 1.165) is 13.1 Å².